The van der Waals surface area contributed by atoms with E-state index < -0.39 is 11.9 Å². The summed E-state index contributed by atoms with van der Waals surface area (Å²) in [7, 11) is 0. The molecule has 1 N–H and O–H groups in total. The molecule has 2 nitrogen and oxygen atoms in total. The normalized spacial score (nSPS) is 25.4. The number of fused-ring (bicyclic) bond motifs is 1. The summed E-state index contributed by atoms with van der Waals surface area (Å²) in [4.78, 5) is -0.259. The second kappa shape index (κ2) is 3.79. The molecule has 1 aliphatic heterocycles. The van der Waals surface area contributed by atoms with Crippen molar-refractivity contribution in [3.63, 3.8) is 0 Å². The van der Waals surface area contributed by atoms with Gasteiger partial charge in [-0.3, -0.25) is 0 Å². The molecule has 2 unspecified atom stereocenters. The molecular weight excluding hydrogens is 319 g/mol. The molecule has 5 heteroatoms. The first-order valence-corrected chi connectivity index (χ1v) is 5.74. The van der Waals surface area contributed by atoms with Crippen molar-refractivity contribution < 1.29 is 14.2 Å². The molecule has 14 heavy (non-hydrogen) atoms. The van der Waals surface area contributed by atoms with Crippen LogP contribution in [0.25, 0.3) is 0 Å². The van der Waals surface area contributed by atoms with Crippen LogP contribution in [-0.2, 0) is 0 Å². The van der Waals surface area contributed by atoms with Gasteiger partial charge in [-0.15, -0.1) is 0 Å². The molecule has 0 bridgehead atoms. The van der Waals surface area contributed by atoms with Crippen LogP contribution in [0.3, 0.4) is 0 Å². The number of rotatable bonds is 0. The lowest BCUT2D eigenvalue weighted by molar-refractivity contribution is 0.120. The maximum absolute atomic E-state index is 13.5. The maximum Gasteiger partial charge on any atom is 0.133 e. The smallest absolute Gasteiger partial charge is 0.133 e. The van der Waals surface area contributed by atoms with Crippen LogP contribution in [0.15, 0.2) is 16.6 Å². The van der Waals surface area contributed by atoms with Gasteiger partial charge in [-0.05, 0) is 12.1 Å². The highest BCUT2D eigenvalue weighted by Gasteiger charge is 2.30. The van der Waals surface area contributed by atoms with E-state index >= 15 is 0 Å². The zero-order valence-corrected chi connectivity index (χ0v) is 10.2. The van der Waals surface area contributed by atoms with E-state index in [1.165, 1.54) is 6.07 Å². The highest BCUT2D eigenvalue weighted by Crippen LogP contribution is 2.38. The standard InChI is InChI=1S/C9H7Br2FO2/c10-4-1-6(12)8-7(2-4)14-3-5(11)9(8)13/h1-2,5,9,13H,3H2. The van der Waals surface area contributed by atoms with Crippen LogP contribution < -0.4 is 4.74 Å². The van der Waals surface area contributed by atoms with Crippen molar-refractivity contribution in [3.8, 4) is 5.75 Å². The summed E-state index contributed by atoms with van der Waals surface area (Å²) < 4.78 is 19.4. The molecule has 1 heterocycles. The SMILES string of the molecule is OC1c2c(F)cc(Br)cc2OCC1Br. The summed E-state index contributed by atoms with van der Waals surface area (Å²) >= 11 is 6.39. The van der Waals surface area contributed by atoms with Crippen molar-refractivity contribution in [1.29, 1.82) is 0 Å². The zero-order valence-electron chi connectivity index (χ0n) is 7.01. The lowest BCUT2D eigenvalue weighted by Crippen LogP contribution is -2.26. The van der Waals surface area contributed by atoms with Gasteiger partial charge >= 0.3 is 0 Å². The van der Waals surface area contributed by atoms with Crippen LogP contribution in [0.1, 0.15) is 11.7 Å². The molecule has 1 aromatic carbocycles. The lowest BCUT2D eigenvalue weighted by atomic mass is 10.0. The minimum Gasteiger partial charge on any atom is -0.492 e. The molecule has 2 atom stereocenters. The molecule has 0 saturated carbocycles. The van der Waals surface area contributed by atoms with Gasteiger partial charge in [-0.2, -0.15) is 0 Å². The molecule has 0 spiro atoms. The second-order valence-electron chi connectivity index (χ2n) is 3.07. The number of aliphatic hydroxyl groups is 1. The van der Waals surface area contributed by atoms with Crippen LogP contribution in [-0.4, -0.2) is 16.5 Å². The Morgan fingerprint density at radius 2 is 2.21 bits per heavy atom. The van der Waals surface area contributed by atoms with Crippen molar-refractivity contribution >= 4 is 31.9 Å². The van der Waals surface area contributed by atoms with Crippen molar-refractivity contribution in [2.45, 2.75) is 10.9 Å². The van der Waals surface area contributed by atoms with Gasteiger partial charge in [0.15, 0.2) is 0 Å². The van der Waals surface area contributed by atoms with E-state index in [1.807, 2.05) is 0 Å². The number of ether oxygens (including phenoxy) is 1. The molecule has 0 amide bonds. The Bertz CT molecular complexity index is 370. The molecule has 0 radical (unpaired) electrons. The summed E-state index contributed by atoms with van der Waals surface area (Å²) in [6, 6.07) is 2.97. The van der Waals surface area contributed by atoms with Crippen LogP contribution in [0.4, 0.5) is 4.39 Å². The van der Waals surface area contributed by atoms with E-state index in [-0.39, 0.29) is 10.4 Å². The predicted molar refractivity (Wildman–Crippen MR) is 57.3 cm³/mol. The molecule has 2 rings (SSSR count). The number of halogens is 3. The summed E-state index contributed by atoms with van der Waals surface area (Å²) in [5, 5.41) is 9.72. The average Bonchev–Trinajstić information content (AvgIpc) is 2.10. The summed E-state index contributed by atoms with van der Waals surface area (Å²) in [5.41, 5.74) is 0.223. The number of hydrogen-bond donors (Lipinski definition) is 1. The third-order valence-corrected chi connectivity index (χ3v) is 3.32. The monoisotopic (exact) mass is 324 g/mol. The maximum atomic E-state index is 13.5. The van der Waals surface area contributed by atoms with Gasteiger partial charge in [0.25, 0.3) is 0 Å². The Labute approximate surface area is 97.3 Å². The lowest BCUT2D eigenvalue weighted by Gasteiger charge is -2.27. The number of benzene rings is 1. The van der Waals surface area contributed by atoms with Crippen molar-refractivity contribution in [3.05, 3.63) is 28.0 Å². The Hall–Kier alpha value is -0.130. The third-order valence-electron chi connectivity index (χ3n) is 2.09. The fraction of sp³-hybridized carbons (Fsp3) is 0.333. The third kappa shape index (κ3) is 1.68. The van der Waals surface area contributed by atoms with E-state index in [1.54, 1.807) is 6.07 Å². The second-order valence-corrected chi connectivity index (χ2v) is 5.16. The number of hydrogen-bond acceptors (Lipinski definition) is 2. The Balaban J connectivity index is 2.54. The first kappa shape index (κ1) is 10.4. The fourth-order valence-electron chi connectivity index (χ4n) is 1.41. The quantitative estimate of drug-likeness (QED) is 0.743. The van der Waals surface area contributed by atoms with Crippen molar-refractivity contribution in [1.82, 2.24) is 0 Å². The van der Waals surface area contributed by atoms with Gasteiger partial charge < -0.3 is 9.84 Å². The molecule has 1 aromatic rings. The summed E-state index contributed by atoms with van der Waals surface area (Å²) in [6.45, 7) is 0.337. The molecule has 0 saturated heterocycles. The minimum atomic E-state index is -0.855. The highest BCUT2D eigenvalue weighted by atomic mass is 79.9. The van der Waals surface area contributed by atoms with Gasteiger partial charge in [0.05, 0.1) is 10.4 Å². The van der Waals surface area contributed by atoms with Crippen molar-refractivity contribution in [2.24, 2.45) is 0 Å². The van der Waals surface area contributed by atoms with Crippen LogP contribution >= 0.6 is 31.9 Å². The van der Waals surface area contributed by atoms with E-state index in [4.69, 9.17) is 4.74 Å². The Morgan fingerprint density at radius 3 is 2.93 bits per heavy atom. The van der Waals surface area contributed by atoms with Gasteiger partial charge in [-0.1, -0.05) is 31.9 Å². The van der Waals surface area contributed by atoms with Gasteiger partial charge in [0, 0.05) is 4.47 Å². The van der Waals surface area contributed by atoms with Crippen LogP contribution in [0.5, 0.6) is 5.75 Å². The molecule has 0 aliphatic carbocycles. The zero-order chi connectivity index (χ0) is 10.3. The van der Waals surface area contributed by atoms with E-state index in [2.05, 4.69) is 31.9 Å². The summed E-state index contributed by atoms with van der Waals surface area (Å²) in [5.74, 6) is -0.0499. The minimum absolute atomic E-state index is 0.223. The molecular formula is C9H7Br2FO2. The first-order valence-electron chi connectivity index (χ1n) is 4.03. The highest BCUT2D eigenvalue weighted by molar-refractivity contribution is 9.10. The first-order chi connectivity index (χ1) is 6.59. The molecule has 76 valence electrons. The van der Waals surface area contributed by atoms with E-state index in [0.29, 0.717) is 16.8 Å². The number of alkyl halides is 1. The molecule has 0 fully saturated rings. The van der Waals surface area contributed by atoms with E-state index in [9.17, 15) is 9.50 Å². The van der Waals surface area contributed by atoms with E-state index in [0.717, 1.165) is 0 Å². The average molecular weight is 326 g/mol. The Morgan fingerprint density at radius 1 is 1.50 bits per heavy atom. The largest absolute Gasteiger partial charge is 0.492 e. The van der Waals surface area contributed by atoms with Gasteiger partial charge in [0.1, 0.15) is 24.3 Å². The molecule has 0 aromatic heterocycles. The predicted octanol–water partition coefficient (Wildman–Crippen LogP) is 2.78. The topological polar surface area (TPSA) is 29.5 Å². The molecule has 1 aliphatic rings. The van der Waals surface area contributed by atoms with Gasteiger partial charge in [0.2, 0.25) is 0 Å². The van der Waals surface area contributed by atoms with Crippen molar-refractivity contribution in [2.75, 3.05) is 6.61 Å². The fourth-order valence-corrected chi connectivity index (χ4v) is 2.21. The summed E-state index contributed by atoms with van der Waals surface area (Å²) in [6.07, 6.45) is -0.855. The van der Waals surface area contributed by atoms with Gasteiger partial charge in [-0.25, -0.2) is 4.39 Å². The van der Waals surface area contributed by atoms with Crippen LogP contribution in [0.2, 0.25) is 0 Å². The number of aliphatic hydroxyl groups excluding tert-OH is 1. The Kier molecular flexibility index (Phi) is 2.81. The van der Waals surface area contributed by atoms with Crippen LogP contribution in [0, 0.1) is 5.82 Å².